The maximum atomic E-state index is 12.0. The average molecular weight is 299 g/mol. The number of hydrogen-bond donors (Lipinski definition) is 0. The number of carbonyl (C=O) groups excluding carboxylic acids is 1. The lowest BCUT2D eigenvalue weighted by molar-refractivity contribution is 0.0913. The smallest absolute Gasteiger partial charge is 0.200 e. The van der Waals surface area contributed by atoms with Crippen LogP contribution < -0.4 is 0 Å². The van der Waals surface area contributed by atoms with E-state index in [0.29, 0.717) is 16.4 Å². The van der Waals surface area contributed by atoms with Crippen molar-refractivity contribution in [2.75, 3.05) is 0 Å². The van der Waals surface area contributed by atoms with Crippen molar-refractivity contribution in [3.05, 3.63) is 59.3 Å². The van der Waals surface area contributed by atoms with Crippen molar-refractivity contribution in [3.8, 4) is 11.1 Å². The predicted octanol–water partition coefficient (Wildman–Crippen LogP) is 5.59. The van der Waals surface area contributed by atoms with Gasteiger partial charge in [-0.25, -0.2) is 0 Å². The van der Waals surface area contributed by atoms with Gasteiger partial charge in [-0.3, -0.25) is 4.79 Å². The number of furan rings is 1. The van der Waals surface area contributed by atoms with Gasteiger partial charge in [-0.05, 0) is 29.3 Å². The van der Waals surface area contributed by atoms with Gasteiger partial charge in [-0.2, -0.15) is 0 Å². The minimum absolute atomic E-state index is 0.0106. The lowest BCUT2D eigenvalue weighted by Gasteiger charge is -2.02. The summed E-state index contributed by atoms with van der Waals surface area (Å²) in [6, 6.07) is 15.6. The average Bonchev–Trinajstić information content (AvgIpc) is 2.91. The second kappa shape index (κ2) is 5.38. The zero-order chi connectivity index (χ0) is 15.0. The first kappa shape index (κ1) is 13.9. The van der Waals surface area contributed by atoms with Gasteiger partial charge in [0.05, 0.1) is 5.02 Å². The molecule has 0 atom stereocenters. The largest absolute Gasteiger partial charge is 0.451 e. The molecular weight excluding hydrogens is 284 g/mol. The summed E-state index contributed by atoms with van der Waals surface area (Å²) in [6.45, 7) is 3.71. The van der Waals surface area contributed by atoms with Crippen LogP contribution in [-0.2, 0) is 0 Å². The molecule has 3 heteroatoms. The molecule has 21 heavy (non-hydrogen) atoms. The molecule has 0 unspecified atom stereocenters. The minimum Gasteiger partial charge on any atom is -0.451 e. The molecular formula is C18H15ClO2. The van der Waals surface area contributed by atoms with Gasteiger partial charge in [0, 0.05) is 11.3 Å². The Bertz CT molecular complexity index is 801. The third-order valence-corrected chi connectivity index (χ3v) is 3.73. The molecule has 2 aromatic carbocycles. The van der Waals surface area contributed by atoms with Gasteiger partial charge in [0.2, 0.25) is 5.78 Å². The highest BCUT2D eigenvalue weighted by molar-refractivity contribution is 6.35. The number of ketones is 1. The van der Waals surface area contributed by atoms with E-state index in [1.165, 1.54) is 0 Å². The third-order valence-electron chi connectivity index (χ3n) is 3.45. The molecule has 0 fully saturated rings. The van der Waals surface area contributed by atoms with Crippen molar-refractivity contribution >= 4 is 28.4 Å². The van der Waals surface area contributed by atoms with Crippen molar-refractivity contribution in [2.24, 2.45) is 5.92 Å². The fraction of sp³-hybridized carbons (Fsp3) is 0.167. The predicted molar refractivity (Wildman–Crippen MR) is 85.8 cm³/mol. The van der Waals surface area contributed by atoms with Crippen LogP contribution in [0.4, 0.5) is 0 Å². The van der Waals surface area contributed by atoms with E-state index in [1.807, 2.05) is 56.3 Å². The Morgan fingerprint density at radius 3 is 2.43 bits per heavy atom. The monoisotopic (exact) mass is 298 g/mol. The van der Waals surface area contributed by atoms with Crippen LogP contribution in [-0.4, -0.2) is 5.78 Å². The van der Waals surface area contributed by atoms with Crippen LogP contribution in [0, 0.1) is 5.92 Å². The Labute approximate surface area is 128 Å². The summed E-state index contributed by atoms with van der Waals surface area (Å²) in [5.41, 5.74) is 2.66. The molecule has 106 valence electrons. The van der Waals surface area contributed by atoms with Gasteiger partial charge in [-0.15, -0.1) is 0 Å². The molecule has 0 radical (unpaired) electrons. The summed E-state index contributed by atoms with van der Waals surface area (Å²) in [6.07, 6.45) is 0. The quantitative estimate of drug-likeness (QED) is 0.590. The highest BCUT2D eigenvalue weighted by Gasteiger charge is 2.17. The number of Topliss-reactive ketones (excluding diaryl/α,β-unsaturated/α-hetero) is 1. The Balaban J connectivity index is 2.14. The molecule has 0 aliphatic rings. The topological polar surface area (TPSA) is 30.2 Å². The number of halogens is 1. The molecule has 0 saturated heterocycles. The van der Waals surface area contributed by atoms with Crippen molar-refractivity contribution in [2.45, 2.75) is 13.8 Å². The zero-order valence-electron chi connectivity index (χ0n) is 11.9. The molecule has 0 N–H and O–H groups in total. The molecule has 3 aromatic rings. The normalized spacial score (nSPS) is 11.2. The fourth-order valence-corrected chi connectivity index (χ4v) is 2.58. The number of rotatable bonds is 3. The van der Waals surface area contributed by atoms with Crippen molar-refractivity contribution in [3.63, 3.8) is 0 Å². The van der Waals surface area contributed by atoms with E-state index in [-0.39, 0.29) is 11.7 Å². The Kier molecular flexibility index (Phi) is 3.56. The van der Waals surface area contributed by atoms with Gasteiger partial charge in [0.1, 0.15) is 0 Å². The third kappa shape index (κ3) is 2.59. The molecule has 1 heterocycles. The van der Waals surface area contributed by atoms with Gasteiger partial charge in [-0.1, -0.05) is 55.8 Å². The van der Waals surface area contributed by atoms with Crippen LogP contribution in [0.5, 0.6) is 0 Å². The summed E-state index contributed by atoms with van der Waals surface area (Å²) in [4.78, 5) is 12.0. The summed E-state index contributed by atoms with van der Waals surface area (Å²) in [5, 5.41) is 1.37. The zero-order valence-corrected chi connectivity index (χ0v) is 12.6. The van der Waals surface area contributed by atoms with E-state index < -0.39 is 0 Å². The molecule has 3 rings (SSSR count). The lowest BCUT2D eigenvalue weighted by atomic mass is 10.0. The van der Waals surface area contributed by atoms with Gasteiger partial charge < -0.3 is 4.42 Å². The molecule has 0 aliphatic carbocycles. The number of carbonyl (C=O) groups is 1. The molecule has 0 bridgehead atoms. The molecule has 0 aliphatic heterocycles. The van der Waals surface area contributed by atoms with Crippen molar-refractivity contribution in [1.82, 2.24) is 0 Å². The van der Waals surface area contributed by atoms with E-state index in [2.05, 4.69) is 0 Å². The molecule has 1 aromatic heterocycles. The van der Waals surface area contributed by atoms with Gasteiger partial charge in [0.25, 0.3) is 0 Å². The highest BCUT2D eigenvalue weighted by atomic mass is 35.5. The van der Waals surface area contributed by atoms with Gasteiger partial charge >= 0.3 is 0 Å². The summed E-state index contributed by atoms with van der Waals surface area (Å²) in [7, 11) is 0. The van der Waals surface area contributed by atoms with Crippen LogP contribution >= 0.6 is 11.6 Å². The number of fused-ring (bicyclic) bond motifs is 1. The standard InChI is InChI=1S/C18H15ClO2/c1-11(2)17(20)16-10-14-8-13(9-15(19)18(14)21-16)12-6-4-3-5-7-12/h3-11H,1-2H3. The van der Waals surface area contributed by atoms with Crippen molar-refractivity contribution < 1.29 is 9.21 Å². The maximum Gasteiger partial charge on any atom is 0.200 e. The SMILES string of the molecule is CC(C)C(=O)c1cc2cc(-c3ccccc3)cc(Cl)c2o1. The molecule has 0 spiro atoms. The maximum absolute atomic E-state index is 12.0. The molecule has 0 amide bonds. The van der Waals surface area contributed by atoms with Gasteiger partial charge in [0.15, 0.2) is 11.3 Å². The van der Waals surface area contributed by atoms with Crippen LogP contribution in [0.15, 0.2) is 52.9 Å². The summed E-state index contributed by atoms with van der Waals surface area (Å²) < 4.78 is 5.63. The fourth-order valence-electron chi connectivity index (χ4n) is 2.31. The first-order valence-electron chi connectivity index (χ1n) is 6.89. The first-order valence-corrected chi connectivity index (χ1v) is 7.27. The van der Waals surface area contributed by atoms with E-state index in [4.69, 9.17) is 16.0 Å². The minimum atomic E-state index is -0.0991. The lowest BCUT2D eigenvalue weighted by Crippen LogP contribution is -2.05. The highest BCUT2D eigenvalue weighted by Crippen LogP contribution is 2.33. The Morgan fingerprint density at radius 2 is 1.76 bits per heavy atom. The Morgan fingerprint density at radius 1 is 1.05 bits per heavy atom. The molecule has 2 nitrogen and oxygen atoms in total. The molecule has 0 saturated carbocycles. The van der Waals surface area contributed by atoms with E-state index >= 15 is 0 Å². The second-order valence-corrected chi connectivity index (χ2v) is 5.78. The summed E-state index contributed by atoms with van der Waals surface area (Å²) >= 11 is 6.30. The van der Waals surface area contributed by atoms with E-state index in [1.54, 1.807) is 6.07 Å². The number of benzene rings is 2. The van der Waals surface area contributed by atoms with E-state index in [9.17, 15) is 4.79 Å². The van der Waals surface area contributed by atoms with Crippen LogP contribution in [0.3, 0.4) is 0 Å². The first-order chi connectivity index (χ1) is 10.1. The second-order valence-electron chi connectivity index (χ2n) is 5.37. The van der Waals surface area contributed by atoms with Crippen LogP contribution in [0.1, 0.15) is 24.4 Å². The van der Waals surface area contributed by atoms with E-state index in [0.717, 1.165) is 16.5 Å². The number of hydrogen-bond acceptors (Lipinski definition) is 2. The van der Waals surface area contributed by atoms with Crippen LogP contribution in [0.25, 0.3) is 22.1 Å². The summed E-state index contributed by atoms with van der Waals surface area (Å²) in [5.74, 6) is 0.258. The van der Waals surface area contributed by atoms with Crippen molar-refractivity contribution in [1.29, 1.82) is 0 Å². The van der Waals surface area contributed by atoms with Crippen LogP contribution in [0.2, 0.25) is 5.02 Å². The Hall–Kier alpha value is -2.06.